The zero-order valence-corrected chi connectivity index (χ0v) is 25.5. The average molecular weight is 551 g/mol. The molecule has 1 amide bonds. The van der Waals surface area contributed by atoms with Crippen LogP contribution in [0.5, 0.6) is 0 Å². The van der Waals surface area contributed by atoms with E-state index in [1.54, 1.807) is 0 Å². The number of rotatable bonds is 4. The van der Waals surface area contributed by atoms with Gasteiger partial charge >= 0.3 is 0 Å². The molecule has 0 heterocycles. The quantitative estimate of drug-likeness (QED) is 0.423. The van der Waals surface area contributed by atoms with E-state index in [9.17, 15) is 24.0 Å². The maximum absolute atomic E-state index is 14.5. The monoisotopic (exact) mass is 550 g/mol. The third-order valence-corrected chi connectivity index (χ3v) is 13.0. The fourth-order valence-corrected chi connectivity index (χ4v) is 10.6. The first kappa shape index (κ1) is 29.2. The van der Waals surface area contributed by atoms with Crippen LogP contribution >= 0.6 is 0 Å². The number of Topliss-reactive ketones (excluding diaryl/α,β-unsaturated/α-hetero) is 1. The van der Waals surface area contributed by atoms with Gasteiger partial charge in [0.25, 0.3) is 0 Å². The number of halogens is 1. The number of nitriles is 1. The molecule has 5 aliphatic carbocycles. The van der Waals surface area contributed by atoms with Crippen LogP contribution in [-0.2, 0) is 14.4 Å². The minimum Gasteiger partial charge on any atom is -0.353 e. The Morgan fingerprint density at radius 1 is 1.05 bits per heavy atom. The lowest BCUT2D eigenvalue weighted by atomic mass is 9.34. The minimum absolute atomic E-state index is 0.0207. The van der Waals surface area contributed by atoms with E-state index in [0.29, 0.717) is 6.42 Å². The van der Waals surface area contributed by atoms with Gasteiger partial charge in [-0.1, -0.05) is 60.1 Å². The van der Waals surface area contributed by atoms with Crippen LogP contribution in [0, 0.1) is 61.6 Å². The number of amides is 1. The number of nitrogens with one attached hydrogen (secondary N) is 1. The van der Waals surface area contributed by atoms with Gasteiger partial charge in [0.05, 0.1) is 5.57 Å². The van der Waals surface area contributed by atoms with Crippen LogP contribution in [0.4, 0.5) is 4.39 Å². The van der Waals surface area contributed by atoms with E-state index in [2.05, 4.69) is 46.0 Å². The molecule has 0 radical (unpaired) electrons. The number of hydrogen-bond donors (Lipinski definition) is 1. The molecular formula is C34H47FN2O3. The largest absolute Gasteiger partial charge is 0.353 e. The van der Waals surface area contributed by atoms with Crippen molar-refractivity contribution in [1.29, 1.82) is 5.26 Å². The number of carbonyl (C=O) groups is 3. The van der Waals surface area contributed by atoms with Crippen LogP contribution in [0.25, 0.3) is 0 Å². The van der Waals surface area contributed by atoms with Crippen LogP contribution in [0.2, 0.25) is 0 Å². The summed E-state index contributed by atoms with van der Waals surface area (Å²) in [5.74, 6) is -0.143. The number of carbonyl (C=O) groups excluding carboxylic acids is 3. The molecule has 40 heavy (non-hydrogen) atoms. The Morgan fingerprint density at radius 3 is 2.38 bits per heavy atom. The summed E-state index contributed by atoms with van der Waals surface area (Å²) < 4.78 is 12.8. The second-order valence-corrected chi connectivity index (χ2v) is 15.8. The van der Waals surface area contributed by atoms with Crippen molar-refractivity contribution >= 4 is 17.5 Å². The summed E-state index contributed by atoms with van der Waals surface area (Å²) in [5, 5.41) is 12.7. The molecule has 218 valence electrons. The summed E-state index contributed by atoms with van der Waals surface area (Å²) in [5.41, 5.74) is -0.674. The molecule has 0 saturated heterocycles. The molecule has 0 aliphatic heterocycles. The summed E-state index contributed by atoms with van der Waals surface area (Å²) in [6.07, 6.45) is 10.5. The smallest absolute Gasteiger partial charge is 0.220 e. The number of hydrogen-bond acceptors (Lipinski definition) is 4. The van der Waals surface area contributed by atoms with Gasteiger partial charge in [0.2, 0.25) is 5.91 Å². The SMILES string of the molecule is CC1(C)CC[C@]2(CC(=O)NCCF)CC[C@]3(C)C(C(=O)C=C4[C@@]5(C)C=C(C#N)C(=O)C(C)(C)[C@@H]5CC[C@]43C)C2C1. The normalized spacial score (nSPS) is 43.1. The maximum atomic E-state index is 14.5. The van der Waals surface area contributed by atoms with Crippen molar-refractivity contribution in [2.45, 2.75) is 99.8 Å². The van der Waals surface area contributed by atoms with Crippen LogP contribution in [0.3, 0.4) is 0 Å². The van der Waals surface area contributed by atoms with Crippen LogP contribution in [0.1, 0.15) is 99.8 Å². The van der Waals surface area contributed by atoms with Crippen molar-refractivity contribution in [2.75, 3.05) is 13.2 Å². The summed E-state index contributed by atoms with van der Waals surface area (Å²) in [6.45, 7) is 14.7. The van der Waals surface area contributed by atoms with E-state index in [1.165, 1.54) is 0 Å². The van der Waals surface area contributed by atoms with Crippen molar-refractivity contribution < 1.29 is 18.8 Å². The van der Waals surface area contributed by atoms with Crippen LogP contribution < -0.4 is 5.32 Å². The first-order valence-corrected chi connectivity index (χ1v) is 15.3. The number of allylic oxidation sites excluding steroid dienone is 4. The van der Waals surface area contributed by atoms with Gasteiger partial charge in [-0.25, -0.2) is 4.39 Å². The van der Waals surface area contributed by atoms with Gasteiger partial charge in [-0.2, -0.15) is 5.26 Å². The Balaban J connectivity index is 1.63. The van der Waals surface area contributed by atoms with Gasteiger partial charge in [-0.15, -0.1) is 0 Å². The van der Waals surface area contributed by atoms with E-state index in [-0.39, 0.29) is 69.0 Å². The fraction of sp³-hybridized carbons (Fsp3) is 0.765. The van der Waals surface area contributed by atoms with Crippen LogP contribution in [0.15, 0.2) is 23.3 Å². The lowest BCUT2D eigenvalue weighted by Gasteiger charge is -2.69. The molecule has 2 unspecified atom stereocenters. The van der Waals surface area contributed by atoms with Crippen molar-refractivity contribution in [2.24, 2.45) is 50.2 Å². The Morgan fingerprint density at radius 2 is 1.73 bits per heavy atom. The number of alkyl halides is 1. The zero-order valence-electron chi connectivity index (χ0n) is 25.5. The second kappa shape index (κ2) is 9.10. The van der Waals surface area contributed by atoms with E-state index in [0.717, 1.165) is 50.5 Å². The predicted octanol–water partition coefficient (Wildman–Crippen LogP) is 6.68. The Labute approximate surface area is 239 Å². The molecule has 0 aromatic heterocycles. The molecule has 0 aromatic rings. The molecule has 3 saturated carbocycles. The minimum atomic E-state index is -0.681. The fourth-order valence-electron chi connectivity index (χ4n) is 10.6. The summed E-state index contributed by atoms with van der Waals surface area (Å²) in [4.78, 5) is 40.8. The van der Waals surface area contributed by atoms with Crippen molar-refractivity contribution in [1.82, 2.24) is 5.32 Å². The Hall–Kier alpha value is -2.29. The lowest BCUT2D eigenvalue weighted by molar-refractivity contribution is -0.174. The molecule has 7 atom stereocenters. The molecular weight excluding hydrogens is 503 g/mol. The Bertz CT molecular complexity index is 1260. The highest BCUT2D eigenvalue weighted by atomic mass is 19.1. The number of nitrogens with zero attached hydrogens (tertiary/aromatic N) is 1. The highest BCUT2D eigenvalue weighted by Gasteiger charge is 2.69. The molecule has 3 fully saturated rings. The van der Waals surface area contributed by atoms with Gasteiger partial charge in [-0.05, 0) is 84.5 Å². The molecule has 0 bridgehead atoms. The molecule has 6 heteroatoms. The van der Waals surface area contributed by atoms with Gasteiger partial charge in [0, 0.05) is 29.7 Å². The highest BCUT2D eigenvalue weighted by Crippen LogP contribution is 2.74. The first-order valence-electron chi connectivity index (χ1n) is 15.3. The van der Waals surface area contributed by atoms with Gasteiger partial charge in [0.15, 0.2) is 11.6 Å². The van der Waals surface area contributed by atoms with Crippen molar-refractivity contribution in [3.8, 4) is 6.07 Å². The highest BCUT2D eigenvalue weighted by molar-refractivity contribution is 6.04. The summed E-state index contributed by atoms with van der Waals surface area (Å²) in [7, 11) is 0. The van der Waals surface area contributed by atoms with Crippen LogP contribution in [-0.4, -0.2) is 30.7 Å². The predicted molar refractivity (Wildman–Crippen MR) is 152 cm³/mol. The van der Waals surface area contributed by atoms with E-state index in [4.69, 9.17) is 0 Å². The van der Waals surface area contributed by atoms with E-state index in [1.807, 2.05) is 26.0 Å². The Kier molecular flexibility index (Phi) is 6.65. The second-order valence-electron chi connectivity index (χ2n) is 15.8. The molecule has 1 N–H and O–H groups in total. The molecule has 0 aromatic carbocycles. The summed E-state index contributed by atoms with van der Waals surface area (Å²) in [6, 6.07) is 2.17. The molecule has 5 aliphatic rings. The topological polar surface area (TPSA) is 87.0 Å². The van der Waals surface area contributed by atoms with Crippen molar-refractivity contribution in [3.63, 3.8) is 0 Å². The lowest BCUT2D eigenvalue weighted by Crippen LogP contribution is -2.65. The zero-order chi connectivity index (χ0) is 29.5. The average Bonchev–Trinajstić information content (AvgIpc) is 2.87. The molecule has 0 spiro atoms. The third kappa shape index (κ3) is 3.85. The van der Waals surface area contributed by atoms with E-state index < -0.39 is 17.5 Å². The third-order valence-electron chi connectivity index (χ3n) is 13.0. The van der Waals surface area contributed by atoms with Gasteiger partial charge < -0.3 is 5.32 Å². The number of ketones is 2. The number of fused-ring (bicyclic) bond motifs is 7. The standard InChI is InChI=1S/C34H47FN2O3/c1-29(2)10-12-34(19-26(39)37-15-14-35)13-11-33(7)27(22(34)18-29)23(38)16-25-31(5)17-21(20-36)28(40)30(3,4)24(31)8-9-32(25,33)6/h16-17,22,24,27H,8-15,18-19H2,1-7H3,(H,37,39)/t22?,24-,27?,31-,32+,33+,34+/m0/s1. The van der Waals surface area contributed by atoms with Gasteiger partial charge in [-0.3, -0.25) is 14.4 Å². The first-order chi connectivity index (χ1) is 18.5. The molecule has 5 rings (SSSR count). The van der Waals surface area contributed by atoms with Crippen molar-refractivity contribution in [3.05, 3.63) is 23.3 Å². The maximum Gasteiger partial charge on any atom is 0.220 e. The summed E-state index contributed by atoms with van der Waals surface area (Å²) >= 11 is 0. The van der Waals surface area contributed by atoms with E-state index >= 15 is 0 Å². The van der Waals surface area contributed by atoms with Gasteiger partial charge in [0.1, 0.15) is 12.7 Å². The molecule has 5 nitrogen and oxygen atoms in total.